The van der Waals surface area contributed by atoms with E-state index in [1.165, 1.54) is 6.08 Å². The number of halogens is 1. The number of aromatic nitrogens is 2. The van der Waals surface area contributed by atoms with Gasteiger partial charge in [0.15, 0.2) is 0 Å². The van der Waals surface area contributed by atoms with Crippen LogP contribution in [0.15, 0.2) is 36.9 Å². The molecule has 0 aromatic carbocycles. The topological polar surface area (TPSA) is 84.4 Å². The summed E-state index contributed by atoms with van der Waals surface area (Å²) in [5.74, 6) is -0.344. The zero-order valence-electron chi connectivity index (χ0n) is 16.6. The molecule has 2 amide bonds. The molecular formula is C21H23ClN4O3. The Bertz CT molecular complexity index is 963. The quantitative estimate of drug-likeness (QED) is 0.614. The predicted octanol–water partition coefficient (Wildman–Crippen LogP) is 2.94. The number of hydrogen-bond acceptors (Lipinski definition) is 5. The molecule has 1 N–H and O–H groups in total. The van der Waals surface area contributed by atoms with E-state index in [9.17, 15) is 9.59 Å². The minimum Gasteiger partial charge on any atom is -0.367 e. The lowest BCUT2D eigenvalue weighted by molar-refractivity contribution is -0.139. The summed E-state index contributed by atoms with van der Waals surface area (Å²) in [6.07, 6.45) is 0.812. The number of pyridine rings is 2. The van der Waals surface area contributed by atoms with Crippen molar-refractivity contribution in [2.45, 2.75) is 26.1 Å². The van der Waals surface area contributed by atoms with E-state index in [1.807, 2.05) is 19.9 Å². The Balaban J connectivity index is 1.99. The molecule has 0 aliphatic carbocycles. The fourth-order valence-corrected chi connectivity index (χ4v) is 3.57. The molecule has 0 saturated carbocycles. The Morgan fingerprint density at radius 2 is 1.97 bits per heavy atom. The van der Waals surface area contributed by atoms with E-state index in [2.05, 4.69) is 21.9 Å². The number of rotatable bonds is 4. The van der Waals surface area contributed by atoms with E-state index < -0.39 is 0 Å². The van der Waals surface area contributed by atoms with Crippen LogP contribution < -0.4 is 5.32 Å². The zero-order chi connectivity index (χ0) is 21.1. The van der Waals surface area contributed by atoms with Gasteiger partial charge < -0.3 is 15.0 Å². The third-order valence-electron chi connectivity index (χ3n) is 4.64. The Hall–Kier alpha value is -2.77. The molecule has 3 heterocycles. The monoisotopic (exact) mass is 414 g/mol. The molecule has 1 saturated heterocycles. The van der Waals surface area contributed by atoms with Gasteiger partial charge in [0.1, 0.15) is 11.3 Å². The molecule has 7 nitrogen and oxygen atoms in total. The van der Waals surface area contributed by atoms with Crippen molar-refractivity contribution in [2.75, 3.05) is 20.1 Å². The smallest absolute Gasteiger partial charge is 0.251 e. The summed E-state index contributed by atoms with van der Waals surface area (Å²) < 4.78 is 6.05. The first-order valence-electron chi connectivity index (χ1n) is 9.26. The average Bonchev–Trinajstić information content (AvgIpc) is 2.71. The number of ether oxygens (including phenoxy) is 1. The molecule has 1 aliphatic heterocycles. The highest BCUT2D eigenvalue weighted by molar-refractivity contribution is 6.29. The van der Waals surface area contributed by atoms with E-state index >= 15 is 0 Å². The van der Waals surface area contributed by atoms with Crippen LogP contribution in [0, 0.1) is 6.92 Å². The summed E-state index contributed by atoms with van der Waals surface area (Å²) >= 11 is 6.28. The molecule has 8 heteroatoms. The standard InChI is InChI=1S/C21H23ClN4O3/c1-5-20(27)26-10-13(3)29-18(11-26)14-7-17(25-19(22)9-14)16-8-15(21(28)23-4)6-12(2)24-16/h5-9,13,18H,1,10-11H2,2-4H3,(H,23,28)/t13-,18+/m0/s1. The second-order valence-electron chi connectivity index (χ2n) is 6.95. The molecule has 2 aromatic heterocycles. The van der Waals surface area contributed by atoms with Crippen LogP contribution >= 0.6 is 11.6 Å². The van der Waals surface area contributed by atoms with Crippen LogP contribution in [-0.2, 0) is 9.53 Å². The number of carbonyl (C=O) groups excluding carboxylic acids is 2. The Labute approximate surface area is 174 Å². The third kappa shape index (κ3) is 4.81. The largest absolute Gasteiger partial charge is 0.367 e. The molecule has 2 aromatic rings. The predicted molar refractivity (Wildman–Crippen MR) is 111 cm³/mol. The second-order valence-corrected chi connectivity index (χ2v) is 7.34. The molecule has 2 atom stereocenters. The molecule has 0 spiro atoms. The maximum absolute atomic E-state index is 12.1. The van der Waals surface area contributed by atoms with Crippen LogP contribution in [0.4, 0.5) is 0 Å². The number of carbonyl (C=O) groups is 2. The average molecular weight is 415 g/mol. The number of hydrogen-bond donors (Lipinski definition) is 1. The van der Waals surface area contributed by atoms with Gasteiger partial charge in [0.2, 0.25) is 5.91 Å². The van der Waals surface area contributed by atoms with Crippen molar-refractivity contribution in [2.24, 2.45) is 0 Å². The molecular weight excluding hydrogens is 392 g/mol. The van der Waals surface area contributed by atoms with Crippen molar-refractivity contribution in [3.8, 4) is 11.4 Å². The first-order valence-corrected chi connectivity index (χ1v) is 9.64. The van der Waals surface area contributed by atoms with Crippen LogP contribution in [0.3, 0.4) is 0 Å². The van der Waals surface area contributed by atoms with E-state index in [1.54, 1.807) is 30.1 Å². The van der Waals surface area contributed by atoms with Gasteiger partial charge in [-0.1, -0.05) is 18.2 Å². The van der Waals surface area contributed by atoms with Gasteiger partial charge in [0.05, 0.1) is 24.0 Å². The minimum absolute atomic E-state index is 0.134. The molecule has 0 radical (unpaired) electrons. The minimum atomic E-state index is -0.356. The number of morpholine rings is 1. The van der Waals surface area contributed by atoms with E-state index in [-0.39, 0.29) is 29.2 Å². The number of aryl methyl sites for hydroxylation is 1. The van der Waals surface area contributed by atoms with Crippen LogP contribution in [-0.4, -0.2) is 52.9 Å². The first-order chi connectivity index (χ1) is 13.8. The van der Waals surface area contributed by atoms with Crippen LogP contribution in [0.1, 0.15) is 34.6 Å². The summed E-state index contributed by atoms with van der Waals surface area (Å²) in [6.45, 7) is 8.18. The van der Waals surface area contributed by atoms with Crippen LogP contribution in [0.5, 0.6) is 0 Å². The number of nitrogens with one attached hydrogen (secondary N) is 1. The number of nitrogens with zero attached hydrogens (tertiary/aromatic N) is 3. The second kappa shape index (κ2) is 8.71. The molecule has 1 fully saturated rings. The van der Waals surface area contributed by atoms with Crippen molar-refractivity contribution >= 4 is 23.4 Å². The zero-order valence-corrected chi connectivity index (χ0v) is 17.4. The van der Waals surface area contributed by atoms with E-state index in [0.717, 1.165) is 5.56 Å². The van der Waals surface area contributed by atoms with Crippen LogP contribution in [0.2, 0.25) is 5.15 Å². The van der Waals surface area contributed by atoms with E-state index in [4.69, 9.17) is 16.3 Å². The van der Waals surface area contributed by atoms with Gasteiger partial charge in [-0.2, -0.15) is 0 Å². The van der Waals surface area contributed by atoms with Gasteiger partial charge in [-0.15, -0.1) is 0 Å². The lowest BCUT2D eigenvalue weighted by Gasteiger charge is -2.36. The lowest BCUT2D eigenvalue weighted by Crippen LogP contribution is -2.45. The van der Waals surface area contributed by atoms with Crippen molar-refractivity contribution in [3.05, 3.63) is 58.9 Å². The summed E-state index contributed by atoms with van der Waals surface area (Å²) in [6, 6.07) is 6.94. The van der Waals surface area contributed by atoms with Gasteiger partial charge in [0.25, 0.3) is 5.91 Å². The fraction of sp³-hybridized carbons (Fsp3) is 0.333. The molecule has 1 aliphatic rings. The van der Waals surface area contributed by atoms with Crippen molar-refractivity contribution < 1.29 is 14.3 Å². The van der Waals surface area contributed by atoms with Gasteiger partial charge in [0, 0.05) is 24.8 Å². The normalized spacial score (nSPS) is 19.0. The maximum atomic E-state index is 12.1. The summed E-state index contributed by atoms with van der Waals surface area (Å²) in [7, 11) is 1.57. The Kier molecular flexibility index (Phi) is 6.30. The molecule has 152 valence electrons. The summed E-state index contributed by atoms with van der Waals surface area (Å²) in [5.41, 5.74) is 3.04. The first kappa shape index (κ1) is 21.0. The third-order valence-corrected chi connectivity index (χ3v) is 4.83. The van der Waals surface area contributed by atoms with Crippen molar-refractivity contribution in [3.63, 3.8) is 0 Å². The maximum Gasteiger partial charge on any atom is 0.251 e. The van der Waals surface area contributed by atoms with Gasteiger partial charge in [-0.05, 0) is 49.8 Å². The number of amides is 2. The Morgan fingerprint density at radius 1 is 1.24 bits per heavy atom. The van der Waals surface area contributed by atoms with Gasteiger partial charge >= 0.3 is 0 Å². The highest BCUT2D eigenvalue weighted by Gasteiger charge is 2.29. The molecule has 0 bridgehead atoms. The van der Waals surface area contributed by atoms with E-state index in [0.29, 0.717) is 35.7 Å². The highest BCUT2D eigenvalue weighted by Crippen LogP contribution is 2.30. The molecule has 3 rings (SSSR count). The Morgan fingerprint density at radius 3 is 2.66 bits per heavy atom. The highest BCUT2D eigenvalue weighted by atomic mass is 35.5. The summed E-state index contributed by atoms with van der Waals surface area (Å²) in [5, 5.41) is 2.89. The van der Waals surface area contributed by atoms with Crippen molar-refractivity contribution in [1.29, 1.82) is 0 Å². The lowest BCUT2D eigenvalue weighted by atomic mass is 10.0. The van der Waals surface area contributed by atoms with Gasteiger partial charge in [-0.3, -0.25) is 14.6 Å². The van der Waals surface area contributed by atoms with Crippen LogP contribution in [0.25, 0.3) is 11.4 Å². The van der Waals surface area contributed by atoms with Crippen molar-refractivity contribution in [1.82, 2.24) is 20.2 Å². The summed E-state index contributed by atoms with van der Waals surface area (Å²) in [4.78, 5) is 34.7. The fourth-order valence-electron chi connectivity index (χ4n) is 3.35. The molecule has 29 heavy (non-hydrogen) atoms. The molecule has 0 unspecified atom stereocenters. The SMILES string of the molecule is C=CC(=O)N1C[C@H](C)O[C@@H](c2cc(Cl)nc(-c3cc(C(=O)NC)cc(C)n3)c2)C1. The van der Waals surface area contributed by atoms with Gasteiger partial charge in [-0.25, -0.2) is 4.98 Å².